The Morgan fingerprint density at radius 3 is 2.58 bits per heavy atom. The van der Waals surface area contributed by atoms with Crippen LogP contribution in [-0.2, 0) is 0 Å². The van der Waals surface area contributed by atoms with Gasteiger partial charge in [-0.05, 0) is 49.7 Å². The van der Waals surface area contributed by atoms with Crippen LogP contribution in [0.3, 0.4) is 0 Å². The molecule has 1 atom stereocenters. The van der Waals surface area contributed by atoms with Gasteiger partial charge in [0.05, 0.1) is 16.6 Å². The molecule has 1 heterocycles. The van der Waals surface area contributed by atoms with Crippen LogP contribution in [0.4, 0.5) is 0 Å². The number of amides is 1. The molecule has 1 aliphatic heterocycles. The fourth-order valence-corrected chi connectivity index (χ4v) is 3.71. The first-order chi connectivity index (χ1) is 11.6. The number of carbonyl (C=O) groups excluding carboxylic acids is 1. The molecule has 1 aliphatic rings. The largest absolute Gasteiger partial charge is 0.350 e. The van der Waals surface area contributed by atoms with Gasteiger partial charge in [-0.1, -0.05) is 57.9 Å². The first-order valence-corrected chi connectivity index (χ1v) is 9.34. The predicted octanol–water partition coefficient (Wildman–Crippen LogP) is 4.67. The fourth-order valence-electron chi connectivity index (χ4n) is 3.14. The molecular formula is C19H20BrClN2O. The molecule has 0 saturated carbocycles. The average Bonchev–Trinajstić information content (AvgIpc) is 3.12. The van der Waals surface area contributed by atoms with Gasteiger partial charge in [0.15, 0.2) is 0 Å². The summed E-state index contributed by atoms with van der Waals surface area (Å²) in [6.07, 6.45) is 2.43. The summed E-state index contributed by atoms with van der Waals surface area (Å²) in [7, 11) is 0. The van der Waals surface area contributed by atoms with Crippen molar-refractivity contribution in [3.63, 3.8) is 0 Å². The molecule has 3 nitrogen and oxygen atoms in total. The second-order valence-corrected chi connectivity index (χ2v) is 7.33. The molecule has 2 aromatic rings. The second-order valence-electron chi connectivity index (χ2n) is 6.00. The van der Waals surface area contributed by atoms with E-state index < -0.39 is 0 Å². The lowest BCUT2D eigenvalue weighted by molar-refractivity contribution is 0.0938. The van der Waals surface area contributed by atoms with Crippen molar-refractivity contribution < 1.29 is 4.79 Å². The summed E-state index contributed by atoms with van der Waals surface area (Å²) < 4.78 is 0.844. The number of hydrogen-bond acceptors (Lipinski definition) is 2. The van der Waals surface area contributed by atoms with Crippen LogP contribution in [-0.4, -0.2) is 30.4 Å². The summed E-state index contributed by atoms with van der Waals surface area (Å²) >= 11 is 9.55. The Morgan fingerprint density at radius 1 is 1.17 bits per heavy atom. The van der Waals surface area contributed by atoms with Crippen molar-refractivity contribution in [2.75, 3.05) is 19.6 Å². The summed E-state index contributed by atoms with van der Waals surface area (Å²) in [5, 5.41) is 3.52. The van der Waals surface area contributed by atoms with Crippen molar-refractivity contribution in [2.24, 2.45) is 0 Å². The third kappa shape index (κ3) is 4.18. The lowest BCUT2D eigenvalue weighted by Gasteiger charge is -2.28. The monoisotopic (exact) mass is 406 g/mol. The number of carbonyl (C=O) groups is 1. The van der Waals surface area contributed by atoms with E-state index in [1.807, 2.05) is 24.3 Å². The highest BCUT2D eigenvalue weighted by atomic mass is 79.9. The topological polar surface area (TPSA) is 32.3 Å². The number of nitrogens with zero attached hydrogens (tertiary/aromatic N) is 1. The Labute approximate surface area is 156 Å². The SMILES string of the molecule is O=C(NC[C@@H](c1ccccc1)N1CCCC1)c1cc(Br)ccc1Cl. The average molecular weight is 408 g/mol. The highest BCUT2D eigenvalue weighted by molar-refractivity contribution is 9.10. The van der Waals surface area contributed by atoms with Gasteiger partial charge in [-0.2, -0.15) is 0 Å². The Kier molecular flexibility index (Phi) is 5.93. The molecule has 5 heteroatoms. The van der Waals surface area contributed by atoms with E-state index >= 15 is 0 Å². The van der Waals surface area contributed by atoms with Crippen LogP contribution in [0.25, 0.3) is 0 Å². The van der Waals surface area contributed by atoms with Crippen LogP contribution in [0.5, 0.6) is 0 Å². The Bertz CT molecular complexity index is 702. The Morgan fingerprint density at radius 2 is 1.88 bits per heavy atom. The zero-order chi connectivity index (χ0) is 16.9. The van der Waals surface area contributed by atoms with E-state index in [-0.39, 0.29) is 11.9 Å². The molecular weight excluding hydrogens is 388 g/mol. The third-order valence-corrected chi connectivity index (χ3v) is 5.22. The zero-order valence-corrected chi connectivity index (χ0v) is 15.7. The molecule has 1 amide bonds. The molecule has 0 bridgehead atoms. The molecule has 126 valence electrons. The van der Waals surface area contributed by atoms with Gasteiger partial charge >= 0.3 is 0 Å². The van der Waals surface area contributed by atoms with Gasteiger partial charge in [-0.15, -0.1) is 0 Å². The van der Waals surface area contributed by atoms with Gasteiger partial charge in [0.1, 0.15) is 0 Å². The van der Waals surface area contributed by atoms with Crippen molar-refractivity contribution in [3.05, 3.63) is 69.2 Å². The molecule has 1 N–H and O–H groups in total. The van der Waals surface area contributed by atoms with Crippen LogP contribution in [0.2, 0.25) is 5.02 Å². The van der Waals surface area contributed by atoms with Crippen LogP contribution < -0.4 is 5.32 Å². The van der Waals surface area contributed by atoms with E-state index in [0.29, 0.717) is 17.1 Å². The molecule has 1 fully saturated rings. The summed E-state index contributed by atoms with van der Waals surface area (Å²) in [4.78, 5) is 15.0. The first kappa shape index (κ1) is 17.5. The van der Waals surface area contributed by atoms with Crippen molar-refractivity contribution in [1.82, 2.24) is 10.2 Å². The maximum atomic E-state index is 12.5. The molecule has 0 radical (unpaired) electrons. The maximum Gasteiger partial charge on any atom is 0.252 e. The highest BCUT2D eigenvalue weighted by Gasteiger charge is 2.24. The smallest absolute Gasteiger partial charge is 0.252 e. The minimum atomic E-state index is -0.138. The van der Waals surface area contributed by atoms with Crippen molar-refractivity contribution >= 4 is 33.4 Å². The van der Waals surface area contributed by atoms with Crippen LogP contribution >= 0.6 is 27.5 Å². The number of benzene rings is 2. The van der Waals surface area contributed by atoms with Gasteiger partial charge in [0.2, 0.25) is 0 Å². The summed E-state index contributed by atoms with van der Waals surface area (Å²) in [6, 6.07) is 15.9. The number of likely N-dealkylation sites (tertiary alicyclic amines) is 1. The molecule has 0 spiro atoms. The van der Waals surface area contributed by atoms with E-state index in [9.17, 15) is 4.79 Å². The molecule has 0 aromatic heterocycles. The summed E-state index contributed by atoms with van der Waals surface area (Å²) in [5.74, 6) is -0.138. The predicted molar refractivity (Wildman–Crippen MR) is 101 cm³/mol. The van der Waals surface area contributed by atoms with Crippen molar-refractivity contribution in [1.29, 1.82) is 0 Å². The second kappa shape index (κ2) is 8.15. The molecule has 2 aromatic carbocycles. The summed E-state index contributed by atoms with van der Waals surface area (Å²) in [6.45, 7) is 2.73. The quantitative estimate of drug-likeness (QED) is 0.781. The van der Waals surface area contributed by atoms with Gasteiger partial charge in [-0.25, -0.2) is 0 Å². The molecule has 0 aliphatic carbocycles. The number of halogens is 2. The Balaban J connectivity index is 1.73. The van der Waals surface area contributed by atoms with Crippen LogP contribution in [0.15, 0.2) is 53.0 Å². The van der Waals surface area contributed by atoms with Crippen LogP contribution in [0.1, 0.15) is 34.8 Å². The zero-order valence-electron chi connectivity index (χ0n) is 13.3. The molecule has 0 unspecified atom stereocenters. The van der Waals surface area contributed by atoms with Crippen LogP contribution in [0, 0.1) is 0 Å². The standard InChI is InChI=1S/C19H20BrClN2O/c20-15-8-9-17(21)16(12-15)19(24)22-13-18(23-10-4-5-11-23)14-6-2-1-3-7-14/h1-3,6-9,12,18H,4-5,10-11,13H2,(H,22,24)/t18-/m0/s1. The highest BCUT2D eigenvalue weighted by Crippen LogP contribution is 2.25. The van der Waals surface area contributed by atoms with E-state index in [1.165, 1.54) is 18.4 Å². The lowest BCUT2D eigenvalue weighted by atomic mass is 10.1. The third-order valence-electron chi connectivity index (χ3n) is 4.39. The minimum Gasteiger partial charge on any atom is -0.350 e. The first-order valence-electron chi connectivity index (χ1n) is 8.17. The van der Waals surface area contributed by atoms with Gasteiger partial charge < -0.3 is 5.32 Å². The van der Waals surface area contributed by atoms with Crippen molar-refractivity contribution in [3.8, 4) is 0 Å². The number of rotatable bonds is 5. The maximum absolute atomic E-state index is 12.5. The van der Waals surface area contributed by atoms with E-state index in [1.54, 1.807) is 12.1 Å². The normalized spacial score (nSPS) is 16.1. The van der Waals surface area contributed by atoms with Crippen molar-refractivity contribution in [2.45, 2.75) is 18.9 Å². The molecule has 1 saturated heterocycles. The minimum absolute atomic E-state index is 0.138. The van der Waals surface area contributed by atoms with Gasteiger partial charge in [-0.3, -0.25) is 9.69 Å². The van der Waals surface area contributed by atoms with E-state index in [4.69, 9.17) is 11.6 Å². The fraction of sp³-hybridized carbons (Fsp3) is 0.316. The van der Waals surface area contributed by atoms with Gasteiger partial charge in [0, 0.05) is 11.0 Å². The Hall–Kier alpha value is -1.36. The van der Waals surface area contributed by atoms with E-state index in [2.05, 4.69) is 38.3 Å². The summed E-state index contributed by atoms with van der Waals surface area (Å²) in [5.41, 5.74) is 1.74. The number of nitrogens with one attached hydrogen (secondary N) is 1. The van der Waals surface area contributed by atoms with Gasteiger partial charge in [0.25, 0.3) is 5.91 Å². The van der Waals surface area contributed by atoms with E-state index in [0.717, 1.165) is 17.6 Å². The number of hydrogen-bond donors (Lipinski definition) is 1. The lowest BCUT2D eigenvalue weighted by Crippen LogP contribution is -2.36. The molecule has 24 heavy (non-hydrogen) atoms. The molecule has 3 rings (SSSR count).